The molecule has 0 spiro atoms. The summed E-state index contributed by atoms with van der Waals surface area (Å²) >= 11 is 0. The van der Waals surface area contributed by atoms with Crippen LogP contribution in [-0.2, 0) is 11.2 Å². The fourth-order valence-corrected chi connectivity index (χ4v) is 3.86. The number of hydrogen-bond donors (Lipinski definition) is 0. The maximum Gasteiger partial charge on any atom is 0.253 e. The first-order chi connectivity index (χ1) is 14.5. The number of hydrogen-bond acceptors (Lipinski definition) is 5. The molecule has 30 heavy (non-hydrogen) atoms. The highest BCUT2D eigenvalue weighted by molar-refractivity contribution is 5.95. The lowest BCUT2D eigenvalue weighted by atomic mass is 10.0. The number of likely N-dealkylation sites (tertiary alicyclic amines) is 1. The van der Waals surface area contributed by atoms with Crippen LogP contribution >= 0.6 is 0 Å². The lowest BCUT2D eigenvalue weighted by Gasteiger charge is -2.42. The Balaban J connectivity index is 1.35. The summed E-state index contributed by atoms with van der Waals surface area (Å²) in [5.41, 5.74) is 3.26. The van der Waals surface area contributed by atoms with Gasteiger partial charge in [0.1, 0.15) is 5.78 Å². The summed E-state index contributed by atoms with van der Waals surface area (Å²) < 4.78 is 1.78. The third-order valence-electron chi connectivity index (χ3n) is 6.08. The number of fused-ring (bicyclic) bond motifs is 1. The average molecular weight is 403 g/mol. The van der Waals surface area contributed by atoms with Gasteiger partial charge in [-0.2, -0.15) is 5.10 Å². The van der Waals surface area contributed by atoms with Crippen LogP contribution in [0.5, 0.6) is 0 Å². The molecule has 5 rings (SSSR count). The van der Waals surface area contributed by atoms with Crippen LogP contribution in [0.1, 0.15) is 29.0 Å². The lowest BCUT2D eigenvalue weighted by Crippen LogP contribution is -2.59. The number of carbonyl (C=O) groups excluding carboxylic acids is 2. The van der Waals surface area contributed by atoms with Gasteiger partial charge in [-0.05, 0) is 51.2 Å². The molecule has 7 nitrogen and oxygen atoms in total. The first kappa shape index (κ1) is 18.9. The van der Waals surface area contributed by atoms with E-state index in [1.165, 1.54) is 0 Å². The molecule has 1 aromatic carbocycles. The largest absolute Gasteiger partial charge is 0.335 e. The number of pyridine rings is 1. The summed E-state index contributed by atoms with van der Waals surface area (Å²) in [7, 11) is 4.08. The Morgan fingerprint density at radius 2 is 1.80 bits per heavy atom. The predicted molar refractivity (Wildman–Crippen MR) is 113 cm³/mol. The van der Waals surface area contributed by atoms with Gasteiger partial charge in [0.05, 0.1) is 12.1 Å². The van der Waals surface area contributed by atoms with Gasteiger partial charge in [0.2, 0.25) is 0 Å². The monoisotopic (exact) mass is 403 g/mol. The van der Waals surface area contributed by atoms with Crippen LogP contribution in [0.4, 0.5) is 0 Å². The maximum atomic E-state index is 12.7. The van der Waals surface area contributed by atoms with Crippen LogP contribution in [0.15, 0.2) is 42.5 Å². The molecule has 1 aliphatic heterocycles. The van der Waals surface area contributed by atoms with Crippen LogP contribution < -0.4 is 0 Å². The van der Waals surface area contributed by atoms with E-state index in [9.17, 15) is 9.59 Å². The molecule has 0 N–H and O–H groups in total. The van der Waals surface area contributed by atoms with Gasteiger partial charge in [-0.15, -0.1) is 0 Å². The quantitative estimate of drug-likeness (QED) is 0.632. The number of Topliss-reactive ketones (excluding diaryl/α,β-unsaturated/α-hetero) is 1. The second kappa shape index (κ2) is 7.32. The molecule has 1 saturated heterocycles. The number of aromatic nitrogens is 3. The molecule has 1 aliphatic carbocycles. The molecule has 0 radical (unpaired) electrons. The second-order valence-electron chi connectivity index (χ2n) is 8.53. The Bertz CT molecular complexity index is 1110. The molecule has 1 amide bonds. The van der Waals surface area contributed by atoms with Crippen molar-refractivity contribution in [2.75, 3.05) is 27.2 Å². The first-order valence-electron chi connectivity index (χ1n) is 10.4. The minimum atomic E-state index is 0.0690. The van der Waals surface area contributed by atoms with Gasteiger partial charge < -0.3 is 9.80 Å². The Hall–Kier alpha value is -3.06. The Kier molecular flexibility index (Phi) is 4.62. The number of ketones is 1. The van der Waals surface area contributed by atoms with E-state index in [2.05, 4.69) is 15.0 Å². The number of carbonyl (C=O) groups is 2. The summed E-state index contributed by atoms with van der Waals surface area (Å²) in [6.45, 7) is 1.54. The van der Waals surface area contributed by atoms with Crippen LogP contribution in [0.25, 0.3) is 16.9 Å². The van der Waals surface area contributed by atoms with Gasteiger partial charge in [-0.25, -0.2) is 9.50 Å². The predicted octanol–water partition coefficient (Wildman–Crippen LogP) is 2.30. The van der Waals surface area contributed by atoms with Gasteiger partial charge in [-0.3, -0.25) is 9.59 Å². The van der Waals surface area contributed by atoms with Gasteiger partial charge >= 0.3 is 0 Å². The molecule has 154 valence electrons. The molecule has 3 heterocycles. The minimum Gasteiger partial charge on any atom is -0.335 e. The third-order valence-corrected chi connectivity index (χ3v) is 6.08. The molecule has 0 bridgehead atoms. The molecule has 7 heteroatoms. The van der Waals surface area contributed by atoms with E-state index in [1.807, 2.05) is 61.5 Å². The highest BCUT2D eigenvalue weighted by atomic mass is 16.2. The van der Waals surface area contributed by atoms with Crippen molar-refractivity contribution in [3.8, 4) is 11.3 Å². The van der Waals surface area contributed by atoms with E-state index in [-0.39, 0.29) is 17.6 Å². The summed E-state index contributed by atoms with van der Waals surface area (Å²) in [5.74, 6) is 1.08. The summed E-state index contributed by atoms with van der Waals surface area (Å²) in [6.07, 6.45) is 2.29. The van der Waals surface area contributed by atoms with Crippen LogP contribution in [0.3, 0.4) is 0 Å². The van der Waals surface area contributed by atoms with Crippen molar-refractivity contribution in [1.82, 2.24) is 24.4 Å². The van der Waals surface area contributed by atoms with Gasteiger partial charge in [-0.1, -0.05) is 18.2 Å². The summed E-state index contributed by atoms with van der Waals surface area (Å²) in [5, 5.41) is 4.58. The molecule has 2 fully saturated rings. The molecule has 0 atom stereocenters. The average Bonchev–Trinajstić information content (AvgIpc) is 3.46. The molecule has 0 unspecified atom stereocenters. The van der Waals surface area contributed by atoms with Crippen molar-refractivity contribution in [3.05, 3.63) is 53.9 Å². The van der Waals surface area contributed by atoms with Gasteiger partial charge in [0.15, 0.2) is 11.5 Å². The highest BCUT2D eigenvalue weighted by Crippen LogP contribution is 2.31. The fraction of sp³-hybridized carbons (Fsp3) is 0.391. The second-order valence-corrected chi connectivity index (χ2v) is 8.53. The number of rotatable bonds is 6. The number of nitrogens with zero attached hydrogens (tertiary/aromatic N) is 5. The van der Waals surface area contributed by atoms with Crippen LogP contribution in [0.2, 0.25) is 0 Å². The van der Waals surface area contributed by atoms with E-state index in [1.54, 1.807) is 4.52 Å². The molecule has 2 aliphatic rings. The zero-order valence-corrected chi connectivity index (χ0v) is 17.3. The summed E-state index contributed by atoms with van der Waals surface area (Å²) in [6, 6.07) is 13.9. The fourth-order valence-electron chi connectivity index (χ4n) is 3.86. The van der Waals surface area contributed by atoms with Crippen molar-refractivity contribution < 1.29 is 9.59 Å². The Labute approximate surface area is 175 Å². The van der Waals surface area contributed by atoms with Crippen molar-refractivity contribution >= 4 is 17.3 Å². The van der Waals surface area contributed by atoms with E-state index in [4.69, 9.17) is 0 Å². The zero-order valence-electron chi connectivity index (χ0n) is 17.3. The van der Waals surface area contributed by atoms with Gasteiger partial charge in [0, 0.05) is 36.2 Å². The molecule has 1 saturated carbocycles. The maximum absolute atomic E-state index is 12.7. The number of likely N-dealkylation sites (N-methyl/N-ethyl adjacent to an activating group) is 1. The van der Waals surface area contributed by atoms with Crippen molar-refractivity contribution in [2.45, 2.75) is 25.3 Å². The van der Waals surface area contributed by atoms with E-state index in [0.717, 1.165) is 42.8 Å². The minimum absolute atomic E-state index is 0.0690. The summed E-state index contributed by atoms with van der Waals surface area (Å²) in [4.78, 5) is 33.3. The highest BCUT2D eigenvalue weighted by Gasteiger charge is 2.32. The standard InChI is InChI=1S/C23H25N5O2/c1-26(2)18-13-27(14-18)23(30)17-10-6-15(7-11-17)19-4-3-5-22-24-21(25-28(19)22)12-20(29)16-8-9-16/h3-7,10-11,16,18H,8-9,12-14H2,1-2H3. The molecular weight excluding hydrogens is 378 g/mol. The molecular formula is C23H25N5O2. The number of amides is 1. The van der Waals surface area contributed by atoms with Crippen molar-refractivity contribution in [2.24, 2.45) is 5.92 Å². The first-order valence-corrected chi connectivity index (χ1v) is 10.4. The van der Waals surface area contributed by atoms with E-state index < -0.39 is 0 Å². The number of benzene rings is 1. The zero-order chi connectivity index (χ0) is 20.8. The molecule has 3 aromatic rings. The van der Waals surface area contributed by atoms with Crippen LogP contribution in [-0.4, -0.2) is 69.3 Å². The van der Waals surface area contributed by atoms with Crippen molar-refractivity contribution in [1.29, 1.82) is 0 Å². The third kappa shape index (κ3) is 3.50. The molecule has 2 aromatic heterocycles. The lowest BCUT2D eigenvalue weighted by molar-refractivity contribution is -0.119. The van der Waals surface area contributed by atoms with Crippen LogP contribution in [0, 0.1) is 5.92 Å². The Morgan fingerprint density at radius 3 is 2.47 bits per heavy atom. The SMILES string of the molecule is CN(C)C1CN(C(=O)c2ccc(-c3cccc4nc(CC(=O)C5CC5)nn34)cc2)C1. The Morgan fingerprint density at radius 1 is 1.07 bits per heavy atom. The van der Waals surface area contributed by atoms with E-state index in [0.29, 0.717) is 23.9 Å². The van der Waals surface area contributed by atoms with Crippen molar-refractivity contribution in [3.63, 3.8) is 0 Å². The normalized spacial score (nSPS) is 16.8. The smallest absolute Gasteiger partial charge is 0.253 e. The topological polar surface area (TPSA) is 70.8 Å². The van der Waals surface area contributed by atoms with E-state index >= 15 is 0 Å². The van der Waals surface area contributed by atoms with Gasteiger partial charge in [0.25, 0.3) is 5.91 Å².